The van der Waals surface area contributed by atoms with Gasteiger partial charge in [0.15, 0.2) is 0 Å². The number of rotatable bonds is 4. The molecule has 2 aromatic carbocycles. The van der Waals surface area contributed by atoms with Gasteiger partial charge in [-0.1, -0.05) is 41.4 Å². The highest BCUT2D eigenvalue weighted by atomic mass is 35.5. The van der Waals surface area contributed by atoms with Crippen LogP contribution in [0.1, 0.15) is 16.7 Å². The lowest BCUT2D eigenvalue weighted by Crippen LogP contribution is -2.00. The minimum absolute atomic E-state index is 0.156. The molecule has 0 bridgehead atoms. The van der Waals surface area contributed by atoms with Gasteiger partial charge in [0.1, 0.15) is 12.4 Å². The fourth-order valence-electron chi connectivity index (χ4n) is 1.75. The van der Waals surface area contributed by atoms with Crippen LogP contribution in [0.4, 0.5) is 0 Å². The Morgan fingerprint density at radius 3 is 2.58 bits per heavy atom. The van der Waals surface area contributed by atoms with Crippen LogP contribution in [-0.4, -0.2) is 5.11 Å². The first kappa shape index (κ1) is 14.2. The molecule has 0 heterocycles. The monoisotopic (exact) mass is 296 g/mol. The number of ether oxygens (including phenoxy) is 1. The summed E-state index contributed by atoms with van der Waals surface area (Å²) >= 11 is 12.1. The molecular weight excluding hydrogens is 283 g/mol. The van der Waals surface area contributed by atoms with Crippen molar-refractivity contribution in [2.24, 2.45) is 0 Å². The van der Waals surface area contributed by atoms with Crippen molar-refractivity contribution < 1.29 is 9.84 Å². The van der Waals surface area contributed by atoms with Gasteiger partial charge in [-0.2, -0.15) is 0 Å². The van der Waals surface area contributed by atoms with E-state index in [1.807, 2.05) is 25.1 Å². The average molecular weight is 297 g/mol. The molecule has 4 heteroatoms. The second-order valence-electron chi connectivity index (χ2n) is 4.26. The highest BCUT2D eigenvalue weighted by Crippen LogP contribution is 2.28. The van der Waals surface area contributed by atoms with E-state index in [4.69, 9.17) is 27.9 Å². The van der Waals surface area contributed by atoms with Crippen LogP contribution in [0.25, 0.3) is 0 Å². The van der Waals surface area contributed by atoms with E-state index in [9.17, 15) is 5.11 Å². The third kappa shape index (κ3) is 3.41. The average Bonchev–Trinajstić information content (AvgIpc) is 2.38. The lowest BCUT2D eigenvalue weighted by molar-refractivity contribution is 0.259. The molecule has 2 rings (SSSR count). The summed E-state index contributed by atoms with van der Waals surface area (Å²) in [7, 11) is 0. The molecule has 0 amide bonds. The second-order valence-corrected chi connectivity index (χ2v) is 5.07. The molecule has 0 saturated carbocycles. The molecule has 0 unspecified atom stereocenters. The lowest BCUT2D eigenvalue weighted by atomic mass is 10.1. The number of benzene rings is 2. The van der Waals surface area contributed by atoms with E-state index in [0.717, 1.165) is 11.1 Å². The van der Waals surface area contributed by atoms with E-state index in [1.165, 1.54) is 0 Å². The number of hydrogen-bond acceptors (Lipinski definition) is 2. The van der Waals surface area contributed by atoms with Crippen molar-refractivity contribution in [3.8, 4) is 5.75 Å². The number of hydrogen-bond donors (Lipinski definition) is 1. The SMILES string of the molecule is Cc1ccc(COc2cccc(Cl)c2CO)c(Cl)c1. The number of halogens is 2. The van der Waals surface area contributed by atoms with E-state index in [1.54, 1.807) is 18.2 Å². The van der Waals surface area contributed by atoms with Gasteiger partial charge < -0.3 is 9.84 Å². The van der Waals surface area contributed by atoms with Gasteiger partial charge in [-0.3, -0.25) is 0 Å². The third-order valence-electron chi connectivity index (χ3n) is 2.83. The Morgan fingerprint density at radius 2 is 1.89 bits per heavy atom. The van der Waals surface area contributed by atoms with Gasteiger partial charge >= 0.3 is 0 Å². The third-order valence-corrected chi connectivity index (χ3v) is 3.53. The van der Waals surface area contributed by atoms with Crippen LogP contribution in [0.15, 0.2) is 36.4 Å². The Labute approximate surface area is 122 Å². The molecule has 0 aliphatic heterocycles. The Hall–Kier alpha value is -1.22. The van der Waals surface area contributed by atoms with Crippen LogP contribution in [0, 0.1) is 6.92 Å². The van der Waals surface area contributed by atoms with Gasteiger partial charge in [-0.05, 0) is 30.7 Å². The van der Waals surface area contributed by atoms with Crippen LogP contribution in [0.3, 0.4) is 0 Å². The predicted octanol–water partition coefficient (Wildman–Crippen LogP) is 4.37. The van der Waals surface area contributed by atoms with Crippen LogP contribution in [0.2, 0.25) is 10.0 Å². The van der Waals surface area contributed by atoms with E-state index in [2.05, 4.69) is 0 Å². The van der Waals surface area contributed by atoms with E-state index >= 15 is 0 Å². The van der Waals surface area contributed by atoms with Crippen molar-refractivity contribution >= 4 is 23.2 Å². The van der Waals surface area contributed by atoms with Crippen molar-refractivity contribution in [1.29, 1.82) is 0 Å². The molecule has 100 valence electrons. The standard InChI is InChI=1S/C15H14Cl2O2/c1-10-5-6-11(14(17)7-10)9-19-15-4-2-3-13(16)12(15)8-18/h2-7,18H,8-9H2,1H3. The fraction of sp³-hybridized carbons (Fsp3) is 0.200. The molecule has 2 aromatic rings. The second kappa shape index (κ2) is 6.29. The summed E-state index contributed by atoms with van der Waals surface area (Å²) in [4.78, 5) is 0. The number of aliphatic hydroxyl groups is 1. The number of aliphatic hydroxyl groups excluding tert-OH is 1. The summed E-state index contributed by atoms with van der Waals surface area (Å²) < 4.78 is 5.69. The van der Waals surface area contributed by atoms with Gasteiger partial charge in [0.25, 0.3) is 0 Å². The molecule has 2 nitrogen and oxygen atoms in total. The van der Waals surface area contributed by atoms with Gasteiger partial charge in [0, 0.05) is 21.2 Å². The maximum Gasteiger partial charge on any atom is 0.126 e. The summed E-state index contributed by atoms with van der Waals surface area (Å²) in [6, 6.07) is 11.1. The van der Waals surface area contributed by atoms with E-state index in [-0.39, 0.29) is 6.61 Å². The molecular formula is C15H14Cl2O2. The quantitative estimate of drug-likeness (QED) is 0.908. The fourth-order valence-corrected chi connectivity index (χ4v) is 2.27. The molecule has 1 N–H and O–H groups in total. The maximum atomic E-state index is 9.30. The van der Waals surface area contributed by atoms with Crippen LogP contribution in [0.5, 0.6) is 5.75 Å². The summed E-state index contributed by atoms with van der Waals surface area (Å²) in [5, 5.41) is 10.5. The first-order chi connectivity index (χ1) is 9.11. The van der Waals surface area contributed by atoms with Crippen LogP contribution >= 0.6 is 23.2 Å². The van der Waals surface area contributed by atoms with Gasteiger partial charge in [-0.25, -0.2) is 0 Å². The lowest BCUT2D eigenvalue weighted by Gasteiger charge is -2.12. The smallest absolute Gasteiger partial charge is 0.126 e. The zero-order valence-corrected chi connectivity index (χ0v) is 12.0. The summed E-state index contributed by atoms with van der Waals surface area (Å²) in [6.07, 6.45) is 0. The summed E-state index contributed by atoms with van der Waals surface area (Å²) in [6.45, 7) is 2.17. The van der Waals surface area contributed by atoms with Crippen molar-refractivity contribution in [2.75, 3.05) is 0 Å². The molecule has 0 spiro atoms. The zero-order valence-electron chi connectivity index (χ0n) is 10.5. The largest absolute Gasteiger partial charge is 0.488 e. The maximum absolute atomic E-state index is 9.30. The molecule has 0 aliphatic rings. The summed E-state index contributed by atoms with van der Waals surface area (Å²) in [5.74, 6) is 0.576. The topological polar surface area (TPSA) is 29.5 Å². The Balaban J connectivity index is 2.17. The zero-order chi connectivity index (χ0) is 13.8. The number of aryl methyl sites for hydroxylation is 1. The van der Waals surface area contributed by atoms with E-state index < -0.39 is 0 Å². The van der Waals surface area contributed by atoms with Crippen molar-refractivity contribution in [3.05, 3.63) is 63.1 Å². The molecule has 0 saturated heterocycles. The predicted molar refractivity (Wildman–Crippen MR) is 77.9 cm³/mol. The Kier molecular flexibility index (Phi) is 4.70. The van der Waals surface area contributed by atoms with Gasteiger partial charge in [-0.15, -0.1) is 0 Å². The van der Waals surface area contributed by atoms with Crippen molar-refractivity contribution in [1.82, 2.24) is 0 Å². The molecule has 0 aromatic heterocycles. The highest BCUT2D eigenvalue weighted by Gasteiger charge is 2.08. The van der Waals surface area contributed by atoms with Gasteiger partial charge in [0.05, 0.1) is 6.61 Å². The minimum Gasteiger partial charge on any atom is -0.488 e. The Morgan fingerprint density at radius 1 is 1.11 bits per heavy atom. The van der Waals surface area contributed by atoms with Crippen molar-refractivity contribution in [2.45, 2.75) is 20.1 Å². The van der Waals surface area contributed by atoms with Crippen molar-refractivity contribution in [3.63, 3.8) is 0 Å². The molecule has 19 heavy (non-hydrogen) atoms. The molecule has 0 atom stereocenters. The molecule has 0 radical (unpaired) electrons. The molecule has 0 aliphatic carbocycles. The first-order valence-electron chi connectivity index (χ1n) is 5.88. The summed E-state index contributed by atoms with van der Waals surface area (Å²) in [5.41, 5.74) is 2.59. The highest BCUT2D eigenvalue weighted by molar-refractivity contribution is 6.31. The minimum atomic E-state index is -0.156. The van der Waals surface area contributed by atoms with Crippen LogP contribution < -0.4 is 4.74 Å². The van der Waals surface area contributed by atoms with Crippen LogP contribution in [-0.2, 0) is 13.2 Å². The Bertz CT molecular complexity index is 582. The molecule has 0 fully saturated rings. The normalized spacial score (nSPS) is 10.5. The van der Waals surface area contributed by atoms with Gasteiger partial charge in [0.2, 0.25) is 0 Å². The van der Waals surface area contributed by atoms with E-state index in [0.29, 0.717) is 28.0 Å². The first-order valence-corrected chi connectivity index (χ1v) is 6.63.